The zero-order valence-corrected chi connectivity index (χ0v) is 16.4. The minimum atomic E-state index is 0.109. The number of carbonyl (C=O) groups excluding carboxylic acids is 1. The molecule has 0 bridgehead atoms. The predicted molar refractivity (Wildman–Crippen MR) is 105 cm³/mol. The molecule has 25 heavy (non-hydrogen) atoms. The van der Waals surface area contributed by atoms with Crippen LogP contribution in [0.15, 0.2) is 53.0 Å². The van der Waals surface area contributed by atoms with Crippen molar-refractivity contribution in [3.63, 3.8) is 0 Å². The van der Waals surface area contributed by atoms with Crippen LogP contribution < -0.4 is 5.32 Å². The molecule has 0 aliphatic carbocycles. The van der Waals surface area contributed by atoms with Gasteiger partial charge in [0.2, 0.25) is 5.91 Å². The monoisotopic (exact) mass is 420 g/mol. The Morgan fingerprint density at radius 2 is 1.88 bits per heavy atom. The summed E-state index contributed by atoms with van der Waals surface area (Å²) in [6, 6.07) is 16.1. The summed E-state index contributed by atoms with van der Waals surface area (Å²) in [6.45, 7) is 3.43. The lowest BCUT2D eigenvalue weighted by Gasteiger charge is -2.31. The van der Waals surface area contributed by atoms with Crippen LogP contribution in [0.3, 0.4) is 0 Å². The maximum absolute atomic E-state index is 12.4. The van der Waals surface area contributed by atoms with Gasteiger partial charge in [0.15, 0.2) is 0 Å². The van der Waals surface area contributed by atoms with Crippen LogP contribution in [0, 0.1) is 5.92 Å². The number of amides is 1. The Labute approximate surface area is 162 Å². The number of hydrogen-bond acceptors (Lipinski definition) is 2. The second kappa shape index (κ2) is 8.84. The van der Waals surface area contributed by atoms with E-state index in [9.17, 15) is 4.79 Å². The minimum Gasteiger partial charge on any atom is -0.352 e. The Bertz CT molecular complexity index is 715. The Balaban J connectivity index is 1.45. The third-order valence-electron chi connectivity index (χ3n) is 4.68. The van der Waals surface area contributed by atoms with Gasteiger partial charge in [0.25, 0.3) is 0 Å². The van der Waals surface area contributed by atoms with E-state index >= 15 is 0 Å². The molecule has 0 aromatic heterocycles. The summed E-state index contributed by atoms with van der Waals surface area (Å²) in [5, 5.41) is 3.75. The fraction of sp³-hybridized carbons (Fsp3) is 0.350. The summed E-state index contributed by atoms with van der Waals surface area (Å²) in [7, 11) is 0. The summed E-state index contributed by atoms with van der Waals surface area (Å²) in [6.07, 6.45) is 1.83. The normalized spacial score (nSPS) is 15.9. The summed E-state index contributed by atoms with van der Waals surface area (Å²) in [5.74, 6) is 0.263. The van der Waals surface area contributed by atoms with Gasteiger partial charge in [-0.25, -0.2) is 0 Å². The second-order valence-electron chi connectivity index (χ2n) is 6.49. The Kier molecular flexibility index (Phi) is 6.51. The minimum absolute atomic E-state index is 0.109. The van der Waals surface area contributed by atoms with Crippen molar-refractivity contribution in [3.8, 4) is 0 Å². The highest BCUT2D eigenvalue weighted by molar-refractivity contribution is 9.10. The first-order valence-electron chi connectivity index (χ1n) is 8.60. The molecule has 1 aliphatic heterocycles. The van der Waals surface area contributed by atoms with E-state index < -0.39 is 0 Å². The number of carbonyl (C=O) groups is 1. The van der Waals surface area contributed by atoms with Crippen molar-refractivity contribution in [1.82, 2.24) is 10.2 Å². The van der Waals surface area contributed by atoms with Crippen LogP contribution in [0.1, 0.15) is 24.0 Å². The molecule has 0 atom stereocenters. The zero-order valence-electron chi connectivity index (χ0n) is 14.1. The third kappa shape index (κ3) is 5.30. The average molecular weight is 422 g/mol. The summed E-state index contributed by atoms with van der Waals surface area (Å²) >= 11 is 9.44. The summed E-state index contributed by atoms with van der Waals surface area (Å²) in [5.41, 5.74) is 2.37. The molecule has 1 saturated heterocycles. The molecular weight excluding hydrogens is 400 g/mol. The molecule has 1 aliphatic rings. The van der Waals surface area contributed by atoms with E-state index in [0.29, 0.717) is 11.6 Å². The first kappa shape index (κ1) is 18.4. The molecule has 1 fully saturated rings. The van der Waals surface area contributed by atoms with E-state index in [1.54, 1.807) is 0 Å². The Morgan fingerprint density at radius 3 is 2.56 bits per heavy atom. The fourth-order valence-corrected chi connectivity index (χ4v) is 4.01. The second-order valence-corrected chi connectivity index (χ2v) is 7.78. The lowest BCUT2D eigenvalue weighted by Crippen LogP contribution is -2.40. The quantitative estimate of drug-likeness (QED) is 0.763. The number of halogens is 2. The van der Waals surface area contributed by atoms with E-state index in [1.807, 2.05) is 24.3 Å². The van der Waals surface area contributed by atoms with Crippen LogP contribution in [0.4, 0.5) is 0 Å². The molecular formula is C20H22BrClN2O. The van der Waals surface area contributed by atoms with Crippen molar-refractivity contribution in [2.24, 2.45) is 5.92 Å². The van der Waals surface area contributed by atoms with E-state index in [1.165, 1.54) is 5.56 Å². The molecule has 0 spiro atoms. The summed E-state index contributed by atoms with van der Waals surface area (Å²) < 4.78 is 0.929. The molecule has 2 aromatic rings. The van der Waals surface area contributed by atoms with Gasteiger partial charge in [-0.2, -0.15) is 0 Å². The van der Waals surface area contributed by atoms with Crippen molar-refractivity contribution in [2.45, 2.75) is 25.9 Å². The van der Waals surface area contributed by atoms with Gasteiger partial charge in [-0.15, -0.1) is 0 Å². The average Bonchev–Trinajstić information content (AvgIpc) is 2.62. The van der Waals surface area contributed by atoms with Gasteiger partial charge in [0.05, 0.1) is 0 Å². The topological polar surface area (TPSA) is 32.3 Å². The van der Waals surface area contributed by atoms with Crippen LogP contribution in [-0.4, -0.2) is 23.9 Å². The first-order chi connectivity index (χ1) is 12.1. The molecule has 0 radical (unpaired) electrons. The van der Waals surface area contributed by atoms with Crippen molar-refractivity contribution < 1.29 is 4.79 Å². The molecule has 2 aromatic carbocycles. The largest absolute Gasteiger partial charge is 0.352 e. The van der Waals surface area contributed by atoms with Crippen LogP contribution >= 0.6 is 27.5 Å². The maximum Gasteiger partial charge on any atom is 0.223 e. The van der Waals surface area contributed by atoms with E-state index in [-0.39, 0.29) is 11.8 Å². The first-order valence-corrected chi connectivity index (χ1v) is 9.77. The molecule has 0 unspecified atom stereocenters. The zero-order chi connectivity index (χ0) is 17.6. The standard InChI is InChI=1S/C20H22BrClN2O/c21-19-12-18(22)7-6-17(19)13-23-20(25)16-8-10-24(11-9-16)14-15-4-2-1-3-5-15/h1-7,12,16H,8-11,13-14H2,(H,23,25). The number of rotatable bonds is 5. The maximum atomic E-state index is 12.4. The highest BCUT2D eigenvalue weighted by Gasteiger charge is 2.24. The third-order valence-corrected chi connectivity index (χ3v) is 5.65. The van der Waals surface area contributed by atoms with Gasteiger partial charge in [-0.05, 0) is 49.2 Å². The van der Waals surface area contributed by atoms with E-state index in [4.69, 9.17) is 11.6 Å². The van der Waals surface area contributed by atoms with Gasteiger partial charge in [0, 0.05) is 28.5 Å². The molecule has 3 nitrogen and oxygen atoms in total. The molecule has 1 N–H and O–H groups in total. The van der Waals surface area contributed by atoms with Crippen LogP contribution in [0.2, 0.25) is 5.02 Å². The van der Waals surface area contributed by atoms with Crippen molar-refractivity contribution >= 4 is 33.4 Å². The van der Waals surface area contributed by atoms with Gasteiger partial charge >= 0.3 is 0 Å². The van der Waals surface area contributed by atoms with Crippen LogP contribution in [-0.2, 0) is 17.9 Å². The van der Waals surface area contributed by atoms with E-state index in [2.05, 4.69) is 50.4 Å². The van der Waals surface area contributed by atoms with E-state index in [0.717, 1.165) is 42.5 Å². The van der Waals surface area contributed by atoms with Gasteiger partial charge in [0.1, 0.15) is 0 Å². The van der Waals surface area contributed by atoms with Crippen molar-refractivity contribution in [2.75, 3.05) is 13.1 Å². The lowest BCUT2D eigenvalue weighted by molar-refractivity contribution is -0.126. The number of hydrogen-bond donors (Lipinski definition) is 1. The van der Waals surface area contributed by atoms with Gasteiger partial charge in [-0.3, -0.25) is 9.69 Å². The highest BCUT2D eigenvalue weighted by atomic mass is 79.9. The van der Waals surface area contributed by atoms with Crippen LogP contribution in [0.25, 0.3) is 0 Å². The summed E-state index contributed by atoms with van der Waals surface area (Å²) in [4.78, 5) is 14.9. The van der Waals surface area contributed by atoms with Gasteiger partial charge in [-0.1, -0.05) is 63.9 Å². The highest BCUT2D eigenvalue weighted by Crippen LogP contribution is 2.22. The number of benzene rings is 2. The molecule has 5 heteroatoms. The van der Waals surface area contributed by atoms with Crippen LogP contribution in [0.5, 0.6) is 0 Å². The smallest absolute Gasteiger partial charge is 0.223 e. The SMILES string of the molecule is O=C(NCc1ccc(Cl)cc1Br)C1CCN(Cc2ccccc2)CC1. The molecule has 1 amide bonds. The van der Waals surface area contributed by atoms with Crippen molar-refractivity contribution in [3.05, 3.63) is 69.2 Å². The molecule has 132 valence electrons. The predicted octanol–water partition coefficient (Wildman–Crippen LogP) is 4.63. The Hall–Kier alpha value is -1.36. The number of nitrogens with one attached hydrogen (secondary N) is 1. The number of piperidine rings is 1. The number of likely N-dealkylation sites (tertiary alicyclic amines) is 1. The molecule has 0 saturated carbocycles. The molecule has 3 rings (SSSR count). The Morgan fingerprint density at radius 1 is 1.16 bits per heavy atom. The lowest BCUT2D eigenvalue weighted by atomic mass is 9.95. The van der Waals surface area contributed by atoms with Crippen molar-refractivity contribution in [1.29, 1.82) is 0 Å². The molecule has 1 heterocycles. The number of nitrogens with zero attached hydrogens (tertiary/aromatic N) is 1. The fourth-order valence-electron chi connectivity index (χ4n) is 3.19. The van der Waals surface area contributed by atoms with Gasteiger partial charge < -0.3 is 5.32 Å².